The van der Waals surface area contributed by atoms with Crippen molar-refractivity contribution in [1.82, 2.24) is 10.2 Å². The van der Waals surface area contributed by atoms with Gasteiger partial charge in [-0.1, -0.05) is 40.2 Å². The Morgan fingerprint density at radius 1 is 1.17 bits per heavy atom. The summed E-state index contributed by atoms with van der Waals surface area (Å²) in [7, 11) is 2.82. The molecule has 0 unspecified atom stereocenters. The highest BCUT2D eigenvalue weighted by atomic mass is 79.9. The maximum Gasteiger partial charge on any atom is 0.407 e. The van der Waals surface area contributed by atoms with Gasteiger partial charge in [0.1, 0.15) is 6.04 Å². The number of hydrogen-bond acceptors (Lipinski definition) is 4. The van der Waals surface area contributed by atoms with Crippen LogP contribution in [0.3, 0.4) is 0 Å². The third-order valence-corrected chi connectivity index (χ3v) is 6.42. The maximum atomic E-state index is 13.4. The highest BCUT2D eigenvalue weighted by molar-refractivity contribution is 9.10. The van der Waals surface area contributed by atoms with Gasteiger partial charge in [0.05, 0.1) is 19.3 Å². The molecule has 3 atom stereocenters. The number of hydrogen-bond donors (Lipinski definition) is 1. The second kappa shape index (κ2) is 10.3. The molecule has 0 saturated carbocycles. The summed E-state index contributed by atoms with van der Waals surface area (Å²) < 4.78 is 11.1. The lowest BCUT2D eigenvalue weighted by Gasteiger charge is -2.39. The Balaban J connectivity index is 1.75. The van der Waals surface area contributed by atoms with Gasteiger partial charge < -0.3 is 19.7 Å². The fraction of sp³-hybridized carbons (Fsp3) is 0.478. The smallest absolute Gasteiger partial charge is 0.407 e. The Bertz CT molecular complexity index is 834. The first-order valence-electron chi connectivity index (χ1n) is 10.3. The van der Waals surface area contributed by atoms with E-state index < -0.39 is 18.2 Å². The highest BCUT2D eigenvalue weighted by Crippen LogP contribution is 2.35. The lowest BCUT2D eigenvalue weighted by molar-refractivity contribution is -0.139. The summed E-state index contributed by atoms with van der Waals surface area (Å²) >= 11 is 3.48. The Labute approximate surface area is 186 Å². The number of carbonyl (C=O) groups is 2. The molecule has 30 heavy (non-hydrogen) atoms. The third-order valence-electron chi connectivity index (χ3n) is 5.89. The number of allylic oxidation sites excluding steroid dienone is 3. The van der Waals surface area contributed by atoms with Crippen LogP contribution >= 0.6 is 15.9 Å². The number of nitrogens with zero attached hydrogens (tertiary/aromatic N) is 1. The number of alkyl carbamates (subject to hydrolysis) is 1. The first-order chi connectivity index (χ1) is 14.4. The van der Waals surface area contributed by atoms with Crippen molar-refractivity contribution >= 4 is 33.5 Å². The van der Waals surface area contributed by atoms with Crippen LogP contribution in [0.4, 0.5) is 4.79 Å². The van der Waals surface area contributed by atoms with Crippen LogP contribution in [0.1, 0.15) is 38.2 Å². The number of rotatable bonds is 6. The number of methoxy groups -OCH3 is 2. The summed E-state index contributed by atoms with van der Waals surface area (Å²) in [5.74, 6) is -0.127. The third kappa shape index (κ3) is 5.13. The van der Waals surface area contributed by atoms with E-state index in [1.807, 2.05) is 17.0 Å². The molecule has 0 aromatic heterocycles. The summed E-state index contributed by atoms with van der Waals surface area (Å²) in [6.45, 7) is 2.45. The largest absolute Gasteiger partial charge is 0.453 e. The molecule has 1 N–H and O–H groups in total. The molecule has 0 bridgehead atoms. The van der Waals surface area contributed by atoms with Gasteiger partial charge in [-0.2, -0.15) is 0 Å². The van der Waals surface area contributed by atoms with Crippen LogP contribution < -0.4 is 5.32 Å². The van der Waals surface area contributed by atoms with Gasteiger partial charge in [0.2, 0.25) is 5.91 Å². The Morgan fingerprint density at radius 2 is 1.90 bits per heavy atom. The van der Waals surface area contributed by atoms with E-state index in [1.54, 1.807) is 6.92 Å². The SMILES string of the molecule is COC(=O)N[C@H](C(=O)N1CCCC[C@H]1C1=CC=C(c2ccc(Br)cc2)C1)[C@@H](C)OC. The minimum absolute atomic E-state index is 0.0291. The summed E-state index contributed by atoms with van der Waals surface area (Å²) in [4.78, 5) is 27.1. The molecule has 0 radical (unpaired) electrons. The maximum absolute atomic E-state index is 13.4. The van der Waals surface area contributed by atoms with Gasteiger partial charge in [-0.25, -0.2) is 4.79 Å². The summed E-state index contributed by atoms with van der Waals surface area (Å²) in [5, 5.41) is 2.65. The van der Waals surface area contributed by atoms with Gasteiger partial charge in [0, 0.05) is 18.1 Å². The predicted octanol–water partition coefficient (Wildman–Crippen LogP) is 4.30. The van der Waals surface area contributed by atoms with Crippen molar-refractivity contribution in [3.8, 4) is 0 Å². The van der Waals surface area contributed by atoms with Gasteiger partial charge in [0.15, 0.2) is 0 Å². The van der Waals surface area contributed by atoms with Crippen molar-refractivity contribution in [2.24, 2.45) is 0 Å². The molecule has 0 spiro atoms. The predicted molar refractivity (Wildman–Crippen MR) is 120 cm³/mol. The fourth-order valence-corrected chi connectivity index (χ4v) is 4.36. The summed E-state index contributed by atoms with van der Waals surface area (Å²) in [6.07, 6.45) is 6.98. The molecule has 1 aromatic carbocycles. The van der Waals surface area contributed by atoms with E-state index in [4.69, 9.17) is 9.47 Å². The summed E-state index contributed by atoms with van der Waals surface area (Å²) in [6, 6.07) is 7.53. The average Bonchev–Trinajstić information content (AvgIpc) is 3.27. The van der Waals surface area contributed by atoms with Gasteiger partial charge in [0.25, 0.3) is 0 Å². The van der Waals surface area contributed by atoms with Gasteiger partial charge in [-0.3, -0.25) is 4.79 Å². The van der Waals surface area contributed by atoms with E-state index in [1.165, 1.54) is 30.9 Å². The van der Waals surface area contributed by atoms with Crippen molar-refractivity contribution in [2.45, 2.75) is 50.8 Å². The lowest BCUT2D eigenvalue weighted by atomic mass is 9.91. The molecule has 1 heterocycles. The number of benzene rings is 1. The highest BCUT2D eigenvalue weighted by Gasteiger charge is 2.37. The quantitative estimate of drug-likeness (QED) is 0.664. The molecular weight excluding hydrogens is 448 g/mol. The van der Waals surface area contributed by atoms with Crippen molar-refractivity contribution in [3.63, 3.8) is 0 Å². The normalized spacial score (nSPS) is 20.8. The number of ether oxygens (including phenoxy) is 2. The number of amides is 2. The topological polar surface area (TPSA) is 67.9 Å². The van der Waals surface area contributed by atoms with Crippen molar-refractivity contribution in [1.29, 1.82) is 0 Å². The van der Waals surface area contributed by atoms with E-state index in [9.17, 15) is 9.59 Å². The second-order valence-corrected chi connectivity index (χ2v) is 8.63. The van der Waals surface area contributed by atoms with E-state index in [0.717, 1.165) is 30.2 Å². The zero-order valence-corrected chi connectivity index (χ0v) is 19.3. The first-order valence-corrected chi connectivity index (χ1v) is 11.1. The Kier molecular flexibility index (Phi) is 7.72. The lowest BCUT2D eigenvalue weighted by Crippen LogP contribution is -2.57. The van der Waals surface area contributed by atoms with E-state index in [-0.39, 0.29) is 11.9 Å². The van der Waals surface area contributed by atoms with E-state index >= 15 is 0 Å². The van der Waals surface area contributed by atoms with Crippen LogP contribution in [-0.2, 0) is 14.3 Å². The molecule has 7 heteroatoms. The molecule has 1 aliphatic heterocycles. The molecule has 1 saturated heterocycles. The van der Waals surface area contributed by atoms with Crippen LogP contribution in [0.5, 0.6) is 0 Å². The van der Waals surface area contributed by atoms with Crippen molar-refractivity contribution < 1.29 is 19.1 Å². The van der Waals surface area contributed by atoms with Crippen molar-refractivity contribution in [3.05, 3.63) is 52.0 Å². The monoisotopic (exact) mass is 476 g/mol. The van der Waals surface area contributed by atoms with Crippen LogP contribution in [0, 0.1) is 0 Å². The minimum Gasteiger partial charge on any atom is -0.453 e. The Hall–Kier alpha value is -2.12. The van der Waals surface area contributed by atoms with Gasteiger partial charge in [-0.15, -0.1) is 0 Å². The fourth-order valence-electron chi connectivity index (χ4n) is 4.10. The van der Waals surface area contributed by atoms with E-state index in [2.05, 4.69) is 45.5 Å². The van der Waals surface area contributed by atoms with Gasteiger partial charge >= 0.3 is 6.09 Å². The van der Waals surface area contributed by atoms with Gasteiger partial charge in [-0.05, 0) is 61.4 Å². The number of halogens is 1. The zero-order chi connectivity index (χ0) is 21.7. The summed E-state index contributed by atoms with van der Waals surface area (Å²) in [5.41, 5.74) is 3.68. The van der Waals surface area contributed by atoms with E-state index in [0.29, 0.717) is 6.54 Å². The molecule has 1 aliphatic carbocycles. The number of nitrogens with one attached hydrogen (secondary N) is 1. The van der Waals surface area contributed by atoms with Crippen molar-refractivity contribution in [2.75, 3.05) is 20.8 Å². The second-order valence-electron chi connectivity index (χ2n) is 7.71. The molecule has 2 aliphatic rings. The van der Waals surface area contributed by atoms with Crippen LogP contribution in [0.25, 0.3) is 5.57 Å². The number of piperidine rings is 1. The average molecular weight is 477 g/mol. The van der Waals surface area contributed by atoms with Crippen LogP contribution in [0.2, 0.25) is 0 Å². The molecule has 1 aromatic rings. The zero-order valence-electron chi connectivity index (χ0n) is 17.7. The minimum atomic E-state index is -0.788. The molecule has 1 fully saturated rings. The standard InChI is InChI=1S/C23H29BrN2O4/c1-15(29-2)21(25-23(28)30-3)22(27)26-13-5-4-6-20(26)18-8-7-17(14-18)16-9-11-19(24)12-10-16/h7-12,15,20-21H,4-6,13-14H2,1-3H3,(H,25,28)/t15-,20+,21+/m1/s1. The number of likely N-dealkylation sites (tertiary alicyclic amines) is 1. The van der Waals surface area contributed by atoms with Crippen LogP contribution in [0.15, 0.2) is 46.5 Å². The van der Waals surface area contributed by atoms with Crippen LogP contribution in [-0.4, -0.2) is 55.9 Å². The molecule has 6 nitrogen and oxygen atoms in total. The molecule has 162 valence electrons. The number of carbonyl (C=O) groups excluding carboxylic acids is 2. The molecule has 2 amide bonds. The first kappa shape index (κ1) is 22.6. The molecular formula is C23H29BrN2O4. The Morgan fingerprint density at radius 3 is 2.57 bits per heavy atom. The molecule has 3 rings (SSSR count).